The van der Waals surface area contributed by atoms with Crippen molar-refractivity contribution < 1.29 is 9.47 Å². The van der Waals surface area contributed by atoms with Crippen molar-refractivity contribution >= 4 is 0 Å². The van der Waals surface area contributed by atoms with E-state index in [9.17, 15) is 0 Å². The molecule has 0 aromatic carbocycles. The lowest BCUT2D eigenvalue weighted by Gasteiger charge is -2.39. The summed E-state index contributed by atoms with van der Waals surface area (Å²) in [6, 6.07) is 0. The third-order valence-corrected chi connectivity index (χ3v) is 4.61. The van der Waals surface area contributed by atoms with Gasteiger partial charge in [-0.15, -0.1) is 0 Å². The Kier molecular flexibility index (Phi) is 4.83. The van der Waals surface area contributed by atoms with Crippen molar-refractivity contribution in [2.45, 2.75) is 51.0 Å². The fourth-order valence-corrected chi connectivity index (χ4v) is 3.03. The number of hydrogen-bond acceptors (Lipinski definition) is 3. The van der Waals surface area contributed by atoms with Crippen LogP contribution in [-0.2, 0) is 9.47 Å². The zero-order valence-corrected chi connectivity index (χ0v) is 11.1. The predicted octanol–water partition coefficient (Wildman–Crippen LogP) is 2.34. The summed E-state index contributed by atoms with van der Waals surface area (Å²) in [5, 5.41) is 0. The number of rotatable bonds is 5. The molecule has 0 radical (unpaired) electrons. The molecule has 2 rings (SSSR count). The summed E-state index contributed by atoms with van der Waals surface area (Å²) >= 11 is 0. The summed E-state index contributed by atoms with van der Waals surface area (Å²) in [6.45, 7) is 5.58. The highest BCUT2D eigenvalue weighted by Crippen LogP contribution is 2.36. The van der Waals surface area contributed by atoms with E-state index >= 15 is 0 Å². The second kappa shape index (κ2) is 6.17. The molecule has 1 aliphatic heterocycles. The van der Waals surface area contributed by atoms with Crippen LogP contribution in [0.25, 0.3) is 0 Å². The molecular weight excluding hydrogens is 214 g/mol. The minimum Gasteiger partial charge on any atom is -0.381 e. The number of ether oxygens (including phenoxy) is 2. The first kappa shape index (κ1) is 13.3. The SMILES string of the molecule is CCC1CCC(CN)(OCC2CCOC2)CC1. The van der Waals surface area contributed by atoms with Gasteiger partial charge in [-0.2, -0.15) is 0 Å². The molecular formula is C14H27NO2. The maximum absolute atomic E-state index is 6.19. The molecule has 1 atom stereocenters. The van der Waals surface area contributed by atoms with Crippen LogP contribution in [0.15, 0.2) is 0 Å². The van der Waals surface area contributed by atoms with Crippen molar-refractivity contribution in [3.63, 3.8) is 0 Å². The van der Waals surface area contributed by atoms with Gasteiger partial charge in [0.1, 0.15) is 0 Å². The van der Waals surface area contributed by atoms with Gasteiger partial charge in [0.25, 0.3) is 0 Å². The van der Waals surface area contributed by atoms with Crippen molar-refractivity contribution in [2.24, 2.45) is 17.6 Å². The van der Waals surface area contributed by atoms with Crippen molar-refractivity contribution in [1.29, 1.82) is 0 Å². The fourth-order valence-electron chi connectivity index (χ4n) is 3.03. The fraction of sp³-hybridized carbons (Fsp3) is 1.00. The van der Waals surface area contributed by atoms with Gasteiger partial charge in [0.15, 0.2) is 0 Å². The second-order valence-corrected chi connectivity index (χ2v) is 5.78. The molecule has 0 bridgehead atoms. The molecule has 3 nitrogen and oxygen atoms in total. The molecule has 2 fully saturated rings. The van der Waals surface area contributed by atoms with E-state index in [1.54, 1.807) is 0 Å². The van der Waals surface area contributed by atoms with Crippen LogP contribution < -0.4 is 5.73 Å². The molecule has 100 valence electrons. The lowest BCUT2D eigenvalue weighted by atomic mass is 9.77. The summed E-state index contributed by atoms with van der Waals surface area (Å²) in [6.07, 6.45) is 7.32. The Morgan fingerprint density at radius 1 is 1.24 bits per heavy atom. The Balaban J connectivity index is 1.78. The van der Waals surface area contributed by atoms with Gasteiger partial charge in [-0.25, -0.2) is 0 Å². The summed E-state index contributed by atoms with van der Waals surface area (Å²) in [5.74, 6) is 1.50. The van der Waals surface area contributed by atoms with Crippen LogP contribution in [0.4, 0.5) is 0 Å². The highest BCUT2D eigenvalue weighted by Gasteiger charge is 2.35. The van der Waals surface area contributed by atoms with E-state index in [2.05, 4.69) is 6.92 Å². The summed E-state index contributed by atoms with van der Waals surface area (Å²) < 4.78 is 11.6. The molecule has 0 aromatic rings. The number of nitrogens with two attached hydrogens (primary N) is 1. The molecule has 1 saturated heterocycles. The van der Waals surface area contributed by atoms with Crippen LogP contribution in [0.5, 0.6) is 0 Å². The predicted molar refractivity (Wildman–Crippen MR) is 68.9 cm³/mol. The standard InChI is InChI=1S/C14H27NO2/c1-2-12-3-6-14(11-15,7-4-12)17-10-13-5-8-16-9-13/h12-13H,2-11,15H2,1H3. The monoisotopic (exact) mass is 241 g/mol. The van der Waals surface area contributed by atoms with E-state index in [1.807, 2.05) is 0 Å². The van der Waals surface area contributed by atoms with Gasteiger partial charge in [-0.1, -0.05) is 13.3 Å². The first-order valence-corrected chi connectivity index (χ1v) is 7.20. The van der Waals surface area contributed by atoms with E-state index < -0.39 is 0 Å². The average molecular weight is 241 g/mol. The maximum Gasteiger partial charge on any atom is 0.0804 e. The Morgan fingerprint density at radius 3 is 2.53 bits per heavy atom. The molecule has 2 aliphatic rings. The van der Waals surface area contributed by atoms with Crippen LogP contribution >= 0.6 is 0 Å². The molecule has 1 saturated carbocycles. The highest BCUT2D eigenvalue weighted by atomic mass is 16.5. The third kappa shape index (κ3) is 3.43. The van der Waals surface area contributed by atoms with E-state index in [1.165, 1.54) is 19.3 Å². The van der Waals surface area contributed by atoms with Gasteiger partial charge in [-0.3, -0.25) is 0 Å². The maximum atomic E-state index is 6.19. The quantitative estimate of drug-likeness (QED) is 0.803. The highest BCUT2D eigenvalue weighted by molar-refractivity contribution is 4.88. The van der Waals surface area contributed by atoms with Gasteiger partial charge in [0, 0.05) is 19.1 Å². The molecule has 0 aromatic heterocycles. The topological polar surface area (TPSA) is 44.5 Å². The second-order valence-electron chi connectivity index (χ2n) is 5.78. The molecule has 2 N–H and O–H groups in total. The van der Waals surface area contributed by atoms with E-state index in [0.717, 1.165) is 45.0 Å². The Labute approximate surface area is 105 Å². The van der Waals surface area contributed by atoms with Gasteiger partial charge < -0.3 is 15.2 Å². The minimum absolute atomic E-state index is 0.0196. The van der Waals surface area contributed by atoms with Crippen molar-refractivity contribution in [3.05, 3.63) is 0 Å². The number of hydrogen-bond donors (Lipinski definition) is 1. The molecule has 3 heteroatoms. The molecule has 17 heavy (non-hydrogen) atoms. The minimum atomic E-state index is -0.0196. The average Bonchev–Trinajstić information content (AvgIpc) is 2.90. The van der Waals surface area contributed by atoms with Crippen LogP contribution in [0.3, 0.4) is 0 Å². The molecule has 0 amide bonds. The Hall–Kier alpha value is -0.120. The lowest BCUT2D eigenvalue weighted by Crippen LogP contribution is -2.45. The van der Waals surface area contributed by atoms with Gasteiger partial charge in [0.05, 0.1) is 18.8 Å². The molecule has 1 heterocycles. The summed E-state index contributed by atoms with van der Waals surface area (Å²) in [4.78, 5) is 0. The summed E-state index contributed by atoms with van der Waals surface area (Å²) in [5.41, 5.74) is 5.93. The van der Waals surface area contributed by atoms with Gasteiger partial charge >= 0.3 is 0 Å². The zero-order valence-electron chi connectivity index (χ0n) is 11.1. The first-order valence-electron chi connectivity index (χ1n) is 7.20. The Bertz CT molecular complexity index is 218. The lowest BCUT2D eigenvalue weighted by molar-refractivity contribution is -0.0843. The molecule has 1 unspecified atom stereocenters. The van der Waals surface area contributed by atoms with Crippen LogP contribution in [0, 0.1) is 11.8 Å². The van der Waals surface area contributed by atoms with Crippen LogP contribution in [0.1, 0.15) is 45.4 Å². The largest absolute Gasteiger partial charge is 0.381 e. The van der Waals surface area contributed by atoms with Gasteiger partial charge in [0.2, 0.25) is 0 Å². The zero-order chi connectivity index (χ0) is 12.1. The van der Waals surface area contributed by atoms with Gasteiger partial charge in [-0.05, 0) is 38.0 Å². The van der Waals surface area contributed by atoms with E-state index in [4.69, 9.17) is 15.2 Å². The van der Waals surface area contributed by atoms with Crippen molar-refractivity contribution in [2.75, 3.05) is 26.4 Å². The van der Waals surface area contributed by atoms with Crippen molar-refractivity contribution in [1.82, 2.24) is 0 Å². The van der Waals surface area contributed by atoms with E-state index in [-0.39, 0.29) is 5.60 Å². The molecule has 1 aliphatic carbocycles. The van der Waals surface area contributed by atoms with Crippen LogP contribution in [0.2, 0.25) is 0 Å². The normalized spacial score (nSPS) is 38.5. The first-order chi connectivity index (χ1) is 8.28. The molecule has 0 spiro atoms. The van der Waals surface area contributed by atoms with E-state index in [0.29, 0.717) is 12.5 Å². The van der Waals surface area contributed by atoms with Crippen molar-refractivity contribution in [3.8, 4) is 0 Å². The van der Waals surface area contributed by atoms with Crippen LogP contribution in [-0.4, -0.2) is 32.0 Å². The Morgan fingerprint density at radius 2 is 2.00 bits per heavy atom. The summed E-state index contributed by atoms with van der Waals surface area (Å²) in [7, 11) is 0. The smallest absolute Gasteiger partial charge is 0.0804 e. The third-order valence-electron chi connectivity index (χ3n) is 4.61.